The molecule has 11 atom stereocenters. The van der Waals surface area contributed by atoms with Crippen LogP contribution in [0.5, 0.6) is 0 Å². The predicted octanol–water partition coefficient (Wildman–Crippen LogP) is 5.66. The van der Waals surface area contributed by atoms with Crippen LogP contribution in [-0.2, 0) is 51.1 Å². The van der Waals surface area contributed by atoms with Gasteiger partial charge in [0.05, 0.1) is 36.6 Å². The molecule has 68 heavy (non-hydrogen) atoms. The summed E-state index contributed by atoms with van der Waals surface area (Å²) in [5.74, 6) is -2.82. The van der Waals surface area contributed by atoms with E-state index >= 15 is 0 Å². The molecule has 3 unspecified atom stereocenters. The van der Waals surface area contributed by atoms with Gasteiger partial charge in [-0.05, 0) is 93.9 Å². The predicted molar refractivity (Wildman–Crippen MR) is 261 cm³/mol. The van der Waals surface area contributed by atoms with E-state index in [0.717, 1.165) is 24.0 Å². The van der Waals surface area contributed by atoms with Gasteiger partial charge in [0.1, 0.15) is 23.7 Å². The monoisotopic (exact) mass is 946 g/mol. The number of nitrogens with zero attached hydrogens (tertiary/aromatic N) is 3. The first-order valence-electron chi connectivity index (χ1n) is 24.6. The van der Waals surface area contributed by atoms with E-state index < -0.39 is 60.0 Å². The van der Waals surface area contributed by atoms with Crippen molar-refractivity contribution in [2.45, 2.75) is 167 Å². The highest BCUT2D eigenvalue weighted by molar-refractivity contribution is 5.98. The van der Waals surface area contributed by atoms with Crippen molar-refractivity contribution in [2.24, 2.45) is 29.4 Å². The minimum absolute atomic E-state index is 0.0246. The Kier molecular flexibility index (Phi) is 19.0. The molecule has 0 spiro atoms. The number of rotatable bonds is 21. The normalized spacial score (nSPS) is 22.1. The van der Waals surface area contributed by atoms with Crippen molar-refractivity contribution in [3.63, 3.8) is 0 Å². The maximum atomic E-state index is 14.6. The zero-order valence-corrected chi connectivity index (χ0v) is 42.3. The van der Waals surface area contributed by atoms with Crippen molar-refractivity contribution in [2.75, 3.05) is 33.1 Å². The number of carbonyl (C=O) groups is 6. The van der Waals surface area contributed by atoms with Crippen LogP contribution >= 0.6 is 0 Å². The first-order chi connectivity index (χ1) is 32.2. The largest absolute Gasteiger partial charge is 0.444 e. The number of ether oxygens (including phenoxy) is 3. The van der Waals surface area contributed by atoms with Crippen LogP contribution in [0.2, 0.25) is 0 Å². The quantitative estimate of drug-likeness (QED) is 0.121. The van der Waals surface area contributed by atoms with Crippen LogP contribution in [0, 0.1) is 23.7 Å². The summed E-state index contributed by atoms with van der Waals surface area (Å²) >= 11 is 0. The van der Waals surface area contributed by atoms with Crippen LogP contribution in [0.25, 0.3) is 0 Å². The number of anilines is 1. The Morgan fingerprint density at radius 1 is 0.868 bits per heavy atom. The third kappa shape index (κ3) is 13.2. The number of carbonyl (C=O) groups excluding carboxylic acids is 6. The Morgan fingerprint density at radius 3 is 2.13 bits per heavy atom. The number of likely N-dealkylation sites (N-methyl/N-ethyl adjacent to an activating group) is 1. The van der Waals surface area contributed by atoms with Crippen LogP contribution in [0.3, 0.4) is 0 Å². The fourth-order valence-corrected chi connectivity index (χ4v) is 10.5. The average Bonchev–Trinajstić information content (AvgIpc) is 4.08. The minimum atomic E-state index is -0.911. The fraction of sp³-hybridized carbons (Fsp3) is 0.654. The van der Waals surface area contributed by atoms with Crippen LogP contribution in [0.4, 0.5) is 10.5 Å². The topological polar surface area (TPSA) is 202 Å². The molecule has 2 aliphatic heterocycles. The molecule has 16 heteroatoms. The second kappa shape index (κ2) is 24.0. The van der Waals surface area contributed by atoms with Crippen molar-refractivity contribution >= 4 is 41.3 Å². The number of methoxy groups -OCH3 is 2. The van der Waals surface area contributed by atoms with E-state index in [0.29, 0.717) is 44.5 Å². The molecular weight excluding hydrogens is 867 g/mol. The van der Waals surface area contributed by atoms with E-state index in [2.05, 4.69) is 16.0 Å². The zero-order chi connectivity index (χ0) is 50.0. The van der Waals surface area contributed by atoms with Gasteiger partial charge in [0.25, 0.3) is 0 Å². The van der Waals surface area contributed by atoms with Gasteiger partial charge in [-0.2, -0.15) is 0 Å². The SMILES string of the molecule is CC[C@H](C)[C@@H]([C@H](CC(=O)N1CCC[C@H]1[C@H](OC)[C@@H](C)C(=O)N[C@@H](Cc1ccccc1)C(=O)Nc1ccc(CN)cc1)OC)N(C)C(=O)[C@@H](NC(=O)C1C2CCC(C2)N1C(=O)OC(C)(C)C)C(C)C. The van der Waals surface area contributed by atoms with Gasteiger partial charge in [0.15, 0.2) is 0 Å². The molecule has 3 aliphatic rings. The summed E-state index contributed by atoms with van der Waals surface area (Å²) < 4.78 is 17.9. The molecule has 2 saturated heterocycles. The third-order valence-electron chi connectivity index (χ3n) is 14.3. The molecule has 1 aliphatic carbocycles. The van der Waals surface area contributed by atoms with E-state index in [-0.39, 0.29) is 66.2 Å². The standard InChI is InChI=1S/C52H79N7O9/c1-12-32(4)44(57(9)50(64)43(31(2)3)56-49(63)45-36-22-25-38(28-36)59(45)51(65)68-52(6,7)8)41(66-10)29-42(60)58-26-16-19-40(58)46(67-11)33(5)47(61)55-39(27-34-17-14-13-15-18-34)48(62)54-37-23-20-35(30-53)21-24-37/h13-15,17-18,20-21,23-24,31-33,36,38-41,43-46H,12,16,19,22,25-30,53H2,1-11H3,(H,54,62)(H,55,61)(H,56,63)/t32-,33+,36?,38?,39-,40-,41-,43-,44-,45?,46+/m0/s1. The van der Waals surface area contributed by atoms with Gasteiger partial charge in [0, 0.05) is 52.5 Å². The number of nitrogens with one attached hydrogen (secondary N) is 3. The lowest BCUT2D eigenvalue weighted by molar-refractivity contribution is -0.148. The highest BCUT2D eigenvalue weighted by Crippen LogP contribution is 2.43. The molecule has 6 amide bonds. The minimum Gasteiger partial charge on any atom is -0.444 e. The average molecular weight is 946 g/mol. The van der Waals surface area contributed by atoms with Crippen LogP contribution in [0.15, 0.2) is 54.6 Å². The lowest BCUT2D eigenvalue weighted by atomic mass is 9.89. The highest BCUT2D eigenvalue weighted by Gasteiger charge is 2.53. The van der Waals surface area contributed by atoms with Gasteiger partial charge in [-0.25, -0.2) is 4.79 Å². The number of hydrogen-bond acceptors (Lipinski definition) is 10. The molecule has 2 heterocycles. The van der Waals surface area contributed by atoms with E-state index in [1.54, 1.807) is 61.6 Å². The smallest absolute Gasteiger partial charge is 0.411 e. The molecule has 2 aromatic rings. The van der Waals surface area contributed by atoms with Gasteiger partial charge < -0.3 is 45.7 Å². The molecule has 2 bridgehead atoms. The van der Waals surface area contributed by atoms with E-state index in [1.807, 2.05) is 70.2 Å². The van der Waals surface area contributed by atoms with E-state index in [9.17, 15) is 28.8 Å². The van der Waals surface area contributed by atoms with Gasteiger partial charge >= 0.3 is 6.09 Å². The van der Waals surface area contributed by atoms with Crippen molar-refractivity contribution in [1.82, 2.24) is 25.3 Å². The third-order valence-corrected chi connectivity index (χ3v) is 14.3. The zero-order valence-electron chi connectivity index (χ0n) is 42.3. The highest BCUT2D eigenvalue weighted by atomic mass is 16.6. The summed E-state index contributed by atoms with van der Waals surface area (Å²) in [6.45, 7) is 15.8. The summed E-state index contributed by atoms with van der Waals surface area (Å²) in [7, 11) is 4.77. The summed E-state index contributed by atoms with van der Waals surface area (Å²) in [4.78, 5) is 89.7. The maximum absolute atomic E-state index is 14.6. The number of likely N-dealkylation sites (tertiary alicyclic amines) is 2. The Balaban J connectivity index is 1.29. The second-order valence-electron chi connectivity index (χ2n) is 20.5. The van der Waals surface area contributed by atoms with E-state index in [1.165, 1.54) is 14.2 Å². The van der Waals surface area contributed by atoms with Crippen molar-refractivity contribution in [3.05, 3.63) is 65.7 Å². The van der Waals surface area contributed by atoms with Gasteiger partial charge in [-0.1, -0.05) is 83.5 Å². The summed E-state index contributed by atoms with van der Waals surface area (Å²) in [6.07, 6.45) is 2.59. The van der Waals surface area contributed by atoms with Crippen LogP contribution < -0.4 is 21.7 Å². The molecule has 16 nitrogen and oxygen atoms in total. The Hall–Kier alpha value is -5.06. The Labute approximate surface area is 404 Å². The summed E-state index contributed by atoms with van der Waals surface area (Å²) in [5.41, 5.74) is 7.41. The van der Waals surface area contributed by atoms with Gasteiger partial charge in [-0.15, -0.1) is 0 Å². The van der Waals surface area contributed by atoms with Crippen LogP contribution in [0.1, 0.15) is 111 Å². The molecule has 5 N–H and O–H groups in total. The maximum Gasteiger partial charge on any atom is 0.411 e. The molecule has 2 aromatic carbocycles. The number of benzene rings is 2. The summed E-state index contributed by atoms with van der Waals surface area (Å²) in [5, 5.41) is 8.97. The molecule has 5 rings (SSSR count). The first kappa shape index (κ1) is 53.9. The number of fused-ring (bicyclic) bond motifs is 2. The molecule has 3 fully saturated rings. The first-order valence-corrected chi connectivity index (χ1v) is 24.6. The number of piperidine rings is 1. The number of nitrogens with two attached hydrogens (primary N) is 1. The molecule has 0 aromatic heterocycles. The Bertz CT molecular complexity index is 2030. The number of hydrogen-bond donors (Lipinski definition) is 4. The lowest BCUT2D eigenvalue weighted by Crippen LogP contribution is -2.61. The van der Waals surface area contributed by atoms with Crippen molar-refractivity contribution in [1.29, 1.82) is 0 Å². The second-order valence-corrected chi connectivity index (χ2v) is 20.5. The Morgan fingerprint density at radius 2 is 1.54 bits per heavy atom. The molecule has 0 radical (unpaired) electrons. The van der Waals surface area contributed by atoms with Crippen molar-refractivity contribution in [3.8, 4) is 0 Å². The van der Waals surface area contributed by atoms with Crippen LogP contribution in [-0.4, -0.2) is 132 Å². The molecular formula is C52H79N7O9. The van der Waals surface area contributed by atoms with Crippen molar-refractivity contribution < 1.29 is 43.0 Å². The summed E-state index contributed by atoms with van der Waals surface area (Å²) in [6, 6.07) is 13.1. The van der Waals surface area contributed by atoms with Gasteiger partial charge in [0.2, 0.25) is 29.5 Å². The fourth-order valence-electron chi connectivity index (χ4n) is 10.5. The molecule has 376 valence electrons. The number of amides is 6. The lowest BCUT2D eigenvalue weighted by Gasteiger charge is -2.41. The van der Waals surface area contributed by atoms with E-state index in [4.69, 9.17) is 19.9 Å². The van der Waals surface area contributed by atoms with Gasteiger partial charge in [-0.3, -0.25) is 28.9 Å². The molecule has 1 saturated carbocycles.